The molecule has 1 N–H and O–H groups in total. The molecular formula is C23H21NO5. The van der Waals surface area contributed by atoms with E-state index >= 15 is 0 Å². The van der Waals surface area contributed by atoms with Crippen LogP contribution in [0.1, 0.15) is 26.3 Å². The second-order valence-corrected chi connectivity index (χ2v) is 6.16. The third kappa shape index (κ3) is 5.13. The van der Waals surface area contributed by atoms with Crippen LogP contribution in [-0.4, -0.2) is 26.1 Å². The third-order valence-corrected chi connectivity index (χ3v) is 4.24. The van der Waals surface area contributed by atoms with Gasteiger partial charge in [0, 0.05) is 11.3 Å². The van der Waals surface area contributed by atoms with Crippen LogP contribution in [-0.2, 0) is 11.3 Å². The van der Waals surface area contributed by atoms with E-state index in [0.29, 0.717) is 34.9 Å². The number of methoxy groups -OCH3 is 2. The summed E-state index contributed by atoms with van der Waals surface area (Å²) < 4.78 is 15.7. The predicted octanol–water partition coefficient (Wildman–Crippen LogP) is 4.31. The number of benzene rings is 3. The minimum atomic E-state index is -0.422. The largest absolute Gasteiger partial charge is 0.493 e. The Hall–Kier alpha value is -3.80. The van der Waals surface area contributed by atoms with Gasteiger partial charge in [0.25, 0.3) is 5.91 Å². The first-order valence-electron chi connectivity index (χ1n) is 8.95. The number of amides is 1. The van der Waals surface area contributed by atoms with Crippen molar-refractivity contribution in [1.82, 2.24) is 0 Å². The number of hydrogen-bond donors (Lipinski definition) is 1. The average molecular weight is 391 g/mol. The summed E-state index contributed by atoms with van der Waals surface area (Å²) in [6.45, 7) is 0.358. The smallest absolute Gasteiger partial charge is 0.337 e. The van der Waals surface area contributed by atoms with Crippen molar-refractivity contribution < 1.29 is 23.8 Å². The molecule has 6 nitrogen and oxygen atoms in total. The van der Waals surface area contributed by atoms with E-state index in [2.05, 4.69) is 10.1 Å². The highest BCUT2D eigenvalue weighted by atomic mass is 16.5. The molecule has 29 heavy (non-hydrogen) atoms. The number of anilines is 1. The Morgan fingerprint density at radius 1 is 0.793 bits per heavy atom. The summed E-state index contributed by atoms with van der Waals surface area (Å²) >= 11 is 0. The zero-order valence-electron chi connectivity index (χ0n) is 16.2. The van der Waals surface area contributed by atoms with Crippen LogP contribution in [0.15, 0.2) is 72.8 Å². The Balaban J connectivity index is 1.59. The summed E-state index contributed by atoms with van der Waals surface area (Å²) in [6.07, 6.45) is 0. The molecule has 0 aliphatic carbocycles. The maximum atomic E-state index is 12.4. The molecule has 0 saturated heterocycles. The fourth-order valence-corrected chi connectivity index (χ4v) is 2.66. The number of carbonyl (C=O) groups excluding carboxylic acids is 2. The van der Waals surface area contributed by atoms with E-state index in [1.54, 1.807) is 43.5 Å². The molecule has 6 heteroatoms. The van der Waals surface area contributed by atoms with E-state index in [1.807, 2.05) is 36.4 Å². The van der Waals surface area contributed by atoms with E-state index in [9.17, 15) is 9.59 Å². The third-order valence-electron chi connectivity index (χ3n) is 4.24. The fourth-order valence-electron chi connectivity index (χ4n) is 2.66. The van der Waals surface area contributed by atoms with Gasteiger partial charge in [-0.2, -0.15) is 0 Å². The maximum Gasteiger partial charge on any atom is 0.337 e. The Morgan fingerprint density at radius 2 is 1.41 bits per heavy atom. The normalized spacial score (nSPS) is 10.1. The van der Waals surface area contributed by atoms with E-state index in [0.717, 1.165) is 5.56 Å². The van der Waals surface area contributed by atoms with Crippen LogP contribution in [0.5, 0.6) is 11.5 Å². The molecule has 0 atom stereocenters. The van der Waals surface area contributed by atoms with E-state index in [1.165, 1.54) is 7.11 Å². The van der Waals surface area contributed by atoms with Gasteiger partial charge in [-0.05, 0) is 54.1 Å². The van der Waals surface area contributed by atoms with E-state index in [-0.39, 0.29) is 5.91 Å². The molecule has 1 amide bonds. The zero-order chi connectivity index (χ0) is 20.6. The summed E-state index contributed by atoms with van der Waals surface area (Å²) in [5.41, 5.74) is 2.45. The van der Waals surface area contributed by atoms with Crippen LogP contribution in [0.4, 0.5) is 5.69 Å². The number of rotatable bonds is 7. The van der Waals surface area contributed by atoms with Gasteiger partial charge < -0.3 is 19.5 Å². The van der Waals surface area contributed by atoms with Crippen LogP contribution in [0.3, 0.4) is 0 Å². The molecular weight excluding hydrogens is 370 g/mol. The van der Waals surface area contributed by atoms with Crippen molar-refractivity contribution in [3.8, 4) is 11.5 Å². The number of hydrogen-bond acceptors (Lipinski definition) is 5. The molecule has 0 radical (unpaired) electrons. The number of nitrogens with one attached hydrogen (secondary N) is 1. The lowest BCUT2D eigenvalue weighted by molar-refractivity contribution is 0.0600. The monoisotopic (exact) mass is 391 g/mol. The van der Waals surface area contributed by atoms with Crippen molar-refractivity contribution in [2.24, 2.45) is 0 Å². The molecule has 0 aliphatic heterocycles. The van der Waals surface area contributed by atoms with E-state index < -0.39 is 5.97 Å². The molecule has 3 rings (SSSR count). The topological polar surface area (TPSA) is 73.9 Å². The molecule has 148 valence electrons. The molecule has 3 aromatic rings. The summed E-state index contributed by atoms with van der Waals surface area (Å²) in [5, 5.41) is 2.80. The second-order valence-electron chi connectivity index (χ2n) is 6.16. The molecule has 0 aromatic heterocycles. The Labute approximate surface area is 169 Å². The lowest BCUT2D eigenvalue weighted by atomic mass is 10.1. The van der Waals surface area contributed by atoms with Gasteiger partial charge in [-0.15, -0.1) is 0 Å². The molecule has 0 bridgehead atoms. The van der Waals surface area contributed by atoms with Gasteiger partial charge in [0.1, 0.15) is 6.61 Å². The second kappa shape index (κ2) is 9.41. The molecule has 0 heterocycles. The SMILES string of the molecule is COC(=O)c1ccc(NC(=O)c2ccc(COc3ccccc3OC)cc2)cc1. The van der Waals surface area contributed by atoms with Crippen LogP contribution in [0.2, 0.25) is 0 Å². The van der Waals surface area contributed by atoms with Crippen molar-refractivity contribution in [3.63, 3.8) is 0 Å². The Morgan fingerprint density at radius 3 is 2.03 bits per heavy atom. The van der Waals surface area contributed by atoms with Crippen LogP contribution < -0.4 is 14.8 Å². The van der Waals surface area contributed by atoms with Crippen LogP contribution in [0, 0.1) is 0 Å². The molecule has 0 unspecified atom stereocenters. The number of esters is 1. The minimum Gasteiger partial charge on any atom is -0.493 e. The predicted molar refractivity (Wildman–Crippen MR) is 110 cm³/mol. The molecule has 0 spiro atoms. The van der Waals surface area contributed by atoms with Gasteiger partial charge in [0.2, 0.25) is 0 Å². The van der Waals surface area contributed by atoms with Gasteiger partial charge in [-0.25, -0.2) is 4.79 Å². The van der Waals surface area contributed by atoms with E-state index in [4.69, 9.17) is 9.47 Å². The van der Waals surface area contributed by atoms with Crippen molar-refractivity contribution in [2.75, 3.05) is 19.5 Å². The average Bonchev–Trinajstić information content (AvgIpc) is 2.78. The van der Waals surface area contributed by atoms with Gasteiger partial charge in [0.05, 0.1) is 19.8 Å². The van der Waals surface area contributed by atoms with Gasteiger partial charge >= 0.3 is 5.97 Å². The van der Waals surface area contributed by atoms with Crippen molar-refractivity contribution in [1.29, 1.82) is 0 Å². The minimum absolute atomic E-state index is 0.243. The molecule has 0 aliphatic rings. The molecule has 3 aromatic carbocycles. The lowest BCUT2D eigenvalue weighted by Crippen LogP contribution is -2.12. The first-order valence-corrected chi connectivity index (χ1v) is 8.95. The van der Waals surface area contributed by atoms with Crippen LogP contribution in [0.25, 0.3) is 0 Å². The van der Waals surface area contributed by atoms with Crippen molar-refractivity contribution in [2.45, 2.75) is 6.61 Å². The Kier molecular flexibility index (Phi) is 6.47. The van der Waals surface area contributed by atoms with Crippen LogP contribution >= 0.6 is 0 Å². The van der Waals surface area contributed by atoms with Crippen molar-refractivity contribution >= 4 is 17.6 Å². The first-order chi connectivity index (χ1) is 14.1. The summed E-state index contributed by atoms with van der Waals surface area (Å²) in [7, 11) is 2.92. The standard InChI is InChI=1S/C23H21NO5/c1-27-20-5-3-4-6-21(20)29-15-16-7-9-17(10-8-16)22(25)24-19-13-11-18(12-14-19)23(26)28-2/h3-14H,15H2,1-2H3,(H,24,25). The molecule has 0 saturated carbocycles. The summed E-state index contributed by atoms with van der Waals surface area (Å²) in [6, 6.07) is 21.1. The van der Waals surface area contributed by atoms with Gasteiger partial charge in [0.15, 0.2) is 11.5 Å². The van der Waals surface area contributed by atoms with Gasteiger partial charge in [-0.1, -0.05) is 24.3 Å². The quantitative estimate of drug-likeness (QED) is 0.608. The Bertz CT molecular complexity index is 981. The van der Waals surface area contributed by atoms with Crippen molar-refractivity contribution in [3.05, 3.63) is 89.5 Å². The first kappa shape index (κ1) is 19.9. The highest BCUT2D eigenvalue weighted by Gasteiger charge is 2.09. The molecule has 0 fully saturated rings. The number of carbonyl (C=O) groups is 2. The van der Waals surface area contributed by atoms with Gasteiger partial charge in [-0.3, -0.25) is 4.79 Å². The number of para-hydroxylation sites is 2. The summed E-state index contributed by atoms with van der Waals surface area (Å²) in [4.78, 5) is 23.9. The summed E-state index contributed by atoms with van der Waals surface area (Å²) in [5.74, 6) is 0.663. The highest BCUT2D eigenvalue weighted by Crippen LogP contribution is 2.26. The maximum absolute atomic E-state index is 12.4. The lowest BCUT2D eigenvalue weighted by Gasteiger charge is -2.11. The highest BCUT2D eigenvalue weighted by molar-refractivity contribution is 6.04. The zero-order valence-corrected chi connectivity index (χ0v) is 16.2. The fraction of sp³-hybridized carbons (Fsp3) is 0.130. The number of ether oxygens (including phenoxy) is 3.